The smallest absolute Gasteiger partial charge is 0.143 e. The van der Waals surface area contributed by atoms with Crippen molar-refractivity contribution in [3.8, 4) is 66.8 Å². The van der Waals surface area contributed by atoms with Crippen molar-refractivity contribution in [1.29, 1.82) is 0 Å². The molecular formula is C64H43NO. The second-order valence-electron chi connectivity index (χ2n) is 16.8. The summed E-state index contributed by atoms with van der Waals surface area (Å²) in [4.78, 5) is 2.34. The monoisotopic (exact) mass is 841 g/mol. The SMILES string of the molecule is c1ccc(-c2ccc(N(c3ccc(-c4ccc(-c5cccc6ccccc56)c(-c5ccccc5)c4)cc3)c3ccc(-c4cccc5c4oc4c(-c6ccccc6)cccc45)cc3)cc2)cc1. The van der Waals surface area contributed by atoms with Gasteiger partial charge in [-0.2, -0.15) is 0 Å². The fraction of sp³-hybridized carbons (Fsp3) is 0. The number of nitrogens with zero attached hydrogens (tertiary/aromatic N) is 1. The molecule has 0 N–H and O–H groups in total. The quantitative estimate of drug-likeness (QED) is 0.144. The Morgan fingerprint density at radius 2 is 0.606 bits per heavy atom. The van der Waals surface area contributed by atoms with E-state index >= 15 is 0 Å². The molecule has 0 spiro atoms. The van der Waals surface area contributed by atoms with E-state index in [2.05, 4.69) is 266 Å². The Balaban J connectivity index is 0.928. The number of anilines is 3. The van der Waals surface area contributed by atoms with E-state index in [4.69, 9.17) is 4.42 Å². The summed E-state index contributed by atoms with van der Waals surface area (Å²) < 4.78 is 6.80. The number of benzene rings is 11. The van der Waals surface area contributed by atoms with Crippen LogP contribution in [0.4, 0.5) is 17.1 Å². The van der Waals surface area contributed by atoms with Gasteiger partial charge in [-0.15, -0.1) is 0 Å². The van der Waals surface area contributed by atoms with Crippen molar-refractivity contribution in [3.05, 3.63) is 261 Å². The van der Waals surface area contributed by atoms with Crippen molar-refractivity contribution in [2.75, 3.05) is 4.90 Å². The summed E-state index contributed by atoms with van der Waals surface area (Å²) in [6.45, 7) is 0. The zero-order valence-corrected chi connectivity index (χ0v) is 36.2. The first-order valence-corrected chi connectivity index (χ1v) is 22.6. The van der Waals surface area contributed by atoms with E-state index in [0.29, 0.717) is 0 Å². The van der Waals surface area contributed by atoms with Crippen molar-refractivity contribution >= 4 is 49.8 Å². The van der Waals surface area contributed by atoms with Crippen molar-refractivity contribution in [1.82, 2.24) is 0 Å². The highest BCUT2D eigenvalue weighted by Crippen LogP contribution is 2.43. The van der Waals surface area contributed by atoms with Gasteiger partial charge in [-0.05, 0) is 109 Å². The Labute approximate surface area is 384 Å². The summed E-state index contributed by atoms with van der Waals surface area (Å²) in [5.74, 6) is 0. The Morgan fingerprint density at radius 1 is 0.227 bits per heavy atom. The number of furan rings is 1. The second kappa shape index (κ2) is 16.8. The lowest BCUT2D eigenvalue weighted by molar-refractivity contribution is 0.671. The molecule has 0 unspecified atom stereocenters. The predicted octanol–water partition coefficient (Wildman–Crippen LogP) is 18.2. The molecule has 1 aromatic heterocycles. The van der Waals surface area contributed by atoms with Gasteiger partial charge in [0.1, 0.15) is 11.2 Å². The van der Waals surface area contributed by atoms with Crippen LogP contribution in [-0.4, -0.2) is 0 Å². The van der Waals surface area contributed by atoms with Gasteiger partial charge >= 0.3 is 0 Å². The van der Waals surface area contributed by atoms with E-state index in [1.54, 1.807) is 0 Å². The van der Waals surface area contributed by atoms with Gasteiger partial charge in [0.15, 0.2) is 0 Å². The fourth-order valence-corrected chi connectivity index (χ4v) is 9.64. The fourth-order valence-electron chi connectivity index (χ4n) is 9.64. The van der Waals surface area contributed by atoms with Crippen LogP contribution < -0.4 is 4.90 Å². The summed E-state index contributed by atoms with van der Waals surface area (Å²) in [5, 5.41) is 4.73. The number of rotatable bonds is 9. The van der Waals surface area contributed by atoms with Crippen LogP contribution in [0.1, 0.15) is 0 Å². The van der Waals surface area contributed by atoms with Crippen LogP contribution in [0.15, 0.2) is 265 Å². The Morgan fingerprint density at radius 3 is 1.18 bits per heavy atom. The van der Waals surface area contributed by atoms with Gasteiger partial charge in [0, 0.05) is 39.0 Å². The maximum Gasteiger partial charge on any atom is 0.143 e. The van der Waals surface area contributed by atoms with Crippen LogP contribution in [0.3, 0.4) is 0 Å². The molecule has 310 valence electrons. The minimum Gasteiger partial charge on any atom is -0.455 e. The molecule has 0 amide bonds. The molecule has 66 heavy (non-hydrogen) atoms. The standard InChI is InChI=1S/C64H43NO/c1-4-15-44(16-5-1)45-29-36-52(37-30-45)65(54-40-33-50(34-41-54)57-25-14-28-61-60-27-13-24-56(63(60)66-64(57)61)48-17-6-2-7-18-48)53-38-31-46(32-39-53)51-35-42-59(62(43-51)49-19-8-3-9-20-49)58-26-12-22-47-21-10-11-23-55(47)58/h1-43H. The molecule has 0 aliphatic heterocycles. The van der Waals surface area contributed by atoms with E-state index in [-0.39, 0.29) is 0 Å². The van der Waals surface area contributed by atoms with Crippen molar-refractivity contribution in [3.63, 3.8) is 0 Å². The van der Waals surface area contributed by atoms with Crippen LogP contribution in [-0.2, 0) is 0 Å². The van der Waals surface area contributed by atoms with Crippen LogP contribution in [0.25, 0.3) is 99.5 Å². The normalized spacial score (nSPS) is 11.3. The topological polar surface area (TPSA) is 16.4 Å². The van der Waals surface area contributed by atoms with Crippen molar-refractivity contribution in [2.45, 2.75) is 0 Å². The van der Waals surface area contributed by atoms with Crippen molar-refractivity contribution < 1.29 is 4.42 Å². The lowest BCUT2D eigenvalue weighted by Crippen LogP contribution is -2.09. The highest BCUT2D eigenvalue weighted by molar-refractivity contribution is 6.13. The summed E-state index contributed by atoms with van der Waals surface area (Å²) in [6.07, 6.45) is 0. The molecule has 12 rings (SSSR count). The third-order valence-electron chi connectivity index (χ3n) is 12.9. The lowest BCUT2D eigenvalue weighted by atomic mass is 9.89. The molecule has 0 fully saturated rings. The Bertz CT molecular complexity index is 3640. The number of hydrogen-bond acceptors (Lipinski definition) is 2. The molecule has 0 aliphatic rings. The number of fused-ring (bicyclic) bond motifs is 4. The molecule has 0 aliphatic carbocycles. The minimum absolute atomic E-state index is 0.896. The van der Waals surface area contributed by atoms with Gasteiger partial charge in [0.05, 0.1) is 0 Å². The minimum atomic E-state index is 0.896. The van der Waals surface area contributed by atoms with E-state index in [1.807, 2.05) is 0 Å². The summed E-state index contributed by atoms with van der Waals surface area (Å²) >= 11 is 0. The van der Waals surface area contributed by atoms with E-state index in [9.17, 15) is 0 Å². The summed E-state index contributed by atoms with van der Waals surface area (Å²) in [7, 11) is 0. The highest BCUT2D eigenvalue weighted by Gasteiger charge is 2.19. The van der Waals surface area contributed by atoms with E-state index in [1.165, 1.54) is 49.7 Å². The Kier molecular flexibility index (Phi) is 9.89. The zero-order valence-electron chi connectivity index (χ0n) is 36.2. The molecule has 2 heteroatoms. The summed E-state index contributed by atoms with van der Waals surface area (Å²) in [6, 6.07) is 93.6. The van der Waals surface area contributed by atoms with Gasteiger partial charge in [-0.3, -0.25) is 0 Å². The predicted molar refractivity (Wildman–Crippen MR) is 279 cm³/mol. The number of para-hydroxylation sites is 2. The van der Waals surface area contributed by atoms with Gasteiger partial charge in [0.2, 0.25) is 0 Å². The molecule has 11 aromatic carbocycles. The van der Waals surface area contributed by atoms with Gasteiger partial charge in [-0.1, -0.05) is 218 Å². The van der Waals surface area contributed by atoms with E-state index in [0.717, 1.165) is 66.8 Å². The average Bonchev–Trinajstić information content (AvgIpc) is 3.79. The molecule has 0 atom stereocenters. The van der Waals surface area contributed by atoms with Gasteiger partial charge in [-0.25, -0.2) is 0 Å². The first kappa shape index (κ1) is 38.9. The third-order valence-corrected chi connectivity index (χ3v) is 12.9. The molecular weight excluding hydrogens is 799 g/mol. The Hall–Kier alpha value is -8.72. The molecule has 0 saturated heterocycles. The number of hydrogen-bond donors (Lipinski definition) is 0. The second-order valence-corrected chi connectivity index (χ2v) is 16.8. The molecule has 12 aromatic rings. The van der Waals surface area contributed by atoms with Gasteiger partial charge < -0.3 is 9.32 Å². The molecule has 0 radical (unpaired) electrons. The maximum atomic E-state index is 6.80. The van der Waals surface area contributed by atoms with Crippen LogP contribution in [0.5, 0.6) is 0 Å². The van der Waals surface area contributed by atoms with Crippen LogP contribution >= 0.6 is 0 Å². The van der Waals surface area contributed by atoms with E-state index < -0.39 is 0 Å². The molecule has 0 saturated carbocycles. The largest absolute Gasteiger partial charge is 0.455 e. The molecule has 0 bridgehead atoms. The highest BCUT2D eigenvalue weighted by atomic mass is 16.3. The van der Waals surface area contributed by atoms with Crippen molar-refractivity contribution in [2.24, 2.45) is 0 Å². The first-order valence-electron chi connectivity index (χ1n) is 22.6. The first-order chi connectivity index (χ1) is 32.7. The van der Waals surface area contributed by atoms with Gasteiger partial charge in [0.25, 0.3) is 0 Å². The maximum absolute atomic E-state index is 6.80. The molecule has 1 heterocycles. The lowest BCUT2D eigenvalue weighted by Gasteiger charge is -2.26. The van der Waals surface area contributed by atoms with Crippen LogP contribution in [0.2, 0.25) is 0 Å². The average molecular weight is 842 g/mol. The third kappa shape index (κ3) is 7.12. The summed E-state index contributed by atoms with van der Waals surface area (Å²) in [5.41, 5.74) is 19.0. The molecule has 2 nitrogen and oxygen atoms in total. The zero-order chi connectivity index (χ0) is 43.8. The van der Waals surface area contributed by atoms with Crippen LogP contribution in [0, 0.1) is 0 Å².